The second kappa shape index (κ2) is 24.2. The van der Waals surface area contributed by atoms with Crippen LogP contribution in [0.2, 0.25) is 5.02 Å². The minimum absolute atomic E-state index is 0.0242. The molecule has 0 heterocycles. The van der Waals surface area contributed by atoms with Gasteiger partial charge in [-0.25, -0.2) is 10.2 Å². The molecule has 18 heteroatoms. The summed E-state index contributed by atoms with van der Waals surface area (Å²) in [5, 5.41) is 33.9. The minimum Gasteiger partial charge on any atom is -0.508 e. The maximum atomic E-state index is 14.4. The van der Waals surface area contributed by atoms with Gasteiger partial charge in [-0.2, -0.15) is 0 Å². The summed E-state index contributed by atoms with van der Waals surface area (Å²) in [5.41, 5.74) is 9.72. The molecule has 7 amide bonds. The Kier molecular flexibility index (Phi) is 18.8. The van der Waals surface area contributed by atoms with Crippen molar-refractivity contribution in [3.8, 4) is 5.75 Å². The molecule has 335 valence electrons. The number of aromatic hydroxyl groups is 1. The Bertz CT molecular complexity index is 2200. The zero-order chi connectivity index (χ0) is 46.1. The molecule has 0 aliphatic heterocycles. The highest BCUT2D eigenvalue weighted by atomic mass is 35.5. The Balaban J connectivity index is 1.65. The molecule has 0 fully saturated rings. The molecule has 4 rings (SSSR count). The van der Waals surface area contributed by atoms with E-state index in [1.165, 1.54) is 33.2 Å². The number of amides is 7. The summed E-state index contributed by atoms with van der Waals surface area (Å²) in [7, 11) is 2.64. The Morgan fingerprint density at radius 2 is 1.33 bits per heavy atom. The van der Waals surface area contributed by atoms with E-state index in [-0.39, 0.29) is 31.4 Å². The molecule has 17 nitrogen and oxygen atoms in total. The van der Waals surface area contributed by atoms with Crippen molar-refractivity contribution in [2.24, 2.45) is 5.73 Å². The van der Waals surface area contributed by atoms with Crippen molar-refractivity contribution in [1.82, 2.24) is 36.6 Å². The lowest BCUT2D eigenvalue weighted by Crippen LogP contribution is -2.61. The van der Waals surface area contributed by atoms with E-state index in [1.807, 2.05) is 36.6 Å². The number of unbranched alkanes of at least 4 members (excludes halogenated alkanes) is 1. The first-order valence-corrected chi connectivity index (χ1v) is 20.7. The van der Waals surface area contributed by atoms with Crippen molar-refractivity contribution in [1.29, 1.82) is 0 Å². The Morgan fingerprint density at radius 3 is 1.97 bits per heavy atom. The summed E-state index contributed by atoms with van der Waals surface area (Å²) >= 11 is 6.09. The summed E-state index contributed by atoms with van der Waals surface area (Å²) in [5.74, 6) is -3.76. The molecule has 0 aromatic heterocycles. The van der Waals surface area contributed by atoms with E-state index in [0.29, 0.717) is 41.1 Å². The first-order chi connectivity index (χ1) is 30.1. The fourth-order valence-electron chi connectivity index (χ4n) is 6.70. The molecular formula is C45H54ClN8O9. The number of hydrazine groups is 1. The molecule has 5 atom stereocenters. The van der Waals surface area contributed by atoms with E-state index in [0.717, 1.165) is 20.7 Å². The van der Waals surface area contributed by atoms with E-state index in [1.54, 1.807) is 48.5 Å². The maximum absolute atomic E-state index is 14.4. The molecule has 0 spiro atoms. The number of aliphatic hydroxyl groups is 1. The average Bonchev–Trinajstić information content (AvgIpc) is 3.27. The largest absolute Gasteiger partial charge is 0.508 e. The minimum atomic E-state index is -1.63. The Morgan fingerprint density at radius 1 is 0.730 bits per heavy atom. The standard InChI is InChI=1S/C45H54ClN8O9/c1-28(57)54(3)52-45(63)51-37(23-29-14-18-33(46)19-15-29)41(59)49-38(25-32-11-8-10-31-9-4-5-13-36(31)32)42(60)50-39(27-56)44(62)53(2)40(24-30-16-20-35(58)21-17-30)43(61)48-34(26-55)12-6-7-22-47/h4-5,8-11,13-21,34,37-40,56,58H,6-7,12,22-25,27,47H2,1-3H3,(H,48,61)(H,49,59)(H,50,60)(H2,51,52,63)/t34-,37+,38+,39+,40+/m1/s1. The molecule has 4 aromatic carbocycles. The molecule has 0 saturated carbocycles. The number of urea groups is 1. The van der Waals surface area contributed by atoms with Gasteiger partial charge in [-0.05, 0) is 77.5 Å². The first kappa shape index (κ1) is 49.1. The number of carbonyl (C=O) groups is 6. The van der Waals surface area contributed by atoms with Gasteiger partial charge < -0.3 is 42.1 Å². The van der Waals surface area contributed by atoms with Crippen molar-refractivity contribution < 1.29 is 43.8 Å². The SMILES string of the molecule is CC(=O)N(C)NC(=O)N[C@@H](Cc1ccc(Cl)cc1)C(=O)N[C@@H](Cc1cccc2ccccc12)C(=O)N[C@@H](CO)C(=O)N(C)[C@@H](Cc1ccc(O)cc1)C(=O)N[C@@H]([C]=O)CCCCN. The number of likely N-dealkylation sites (N-methyl/N-ethyl adjacent to an activating group) is 1. The number of carbonyl (C=O) groups excluding carboxylic acids is 7. The van der Waals surface area contributed by atoms with Crippen LogP contribution in [0.15, 0.2) is 91.0 Å². The summed E-state index contributed by atoms with van der Waals surface area (Å²) in [6.45, 7) is 0.709. The molecule has 0 unspecified atom stereocenters. The van der Waals surface area contributed by atoms with Crippen LogP contribution in [-0.4, -0.2) is 119 Å². The van der Waals surface area contributed by atoms with Crippen LogP contribution in [0.25, 0.3) is 10.8 Å². The van der Waals surface area contributed by atoms with E-state index in [9.17, 15) is 43.8 Å². The number of phenolic OH excluding ortho intramolecular Hbond substituents is 1. The van der Waals surface area contributed by atoms with Gasteiger partial charge >= 0.3 is 6.03 Å². The normalized spacial score (nSPS) is 13.3. The molecular weight excluding hydrogens is 832 g/mol. The third-order valence-corrected chi connectivity index (χ3v) is 10.6. The zero-order valence-corrected chi connectivity index (χ0v) is 36.1. The van der Waals surface area contributed by atoms with Gasteiger partial charge in [0.1, 0.15) is 29.9 Å². The Labute approximate surface area is 370 Å². The summed E-state index contributed by atoms with van der Waals surface area (Å²) < 4.78 is 0. The zero-order valence-electron chi connectivity index (χ0n) is 35.3. The second-order valence-corrected chi connectivity index (χ2v) is 15.4. The highest BCUT2D eigenvalue weighted by Gasteiger charge is 2.35. The molecule has 0 bridgehead atoms. The monoisotopic (exact) mass is 885 g/mol. The van der Waals surface area contributed by atoms with E-state index >= 15 is 0 Å². The van der Waals surface area contributed by atoms with Crippen LogP contribution in [0.3, 0.4) is 0 Å². The van der Waals surface area contributed by atoms with Gasteiger partial charge in [0, 0.05) is 45.3 Å². The van der Waals surface area contributed by atoms with Crippen LogP contribution in [0, 0.1) is 0 Å². The average molecular weight is 886 g/mol. The number of hydrogen-bond donors (Lipinski definition) is 8. The van der Waals surface area contributed by atoms with Crippen molar-refractivity contribution in [3.05, 3.63) is 113 Å². The predicted molar refractivity (Wildman–Crippen MR) is 237 cm³/mol. The number of fused-ring (bicyclic) bond motifs is 1. The van der Waals surface area contributed by atoms with E-state index in [4.69, 9.17) is 17.3 Å². The van der Waals surface area contributed by atoms with Crippen molar-refractivity contribution in [3.63, 3.8) is 0 Å². The topological polar surface area (TPSA) is 253 Å². The smallest absolute Gasteiger partial charge is 0.334 e. The first-order valence-electron chi connectivity index (χ1n) is 20.3. The number of benzene rings is 4. The summed E-state index contributed by atoms with van der Waals surface area (Å²) in [4.78, 5) is 94.3. The molecule has 4 aromatic rings. The van der Waals surface area contributed by atoms with Crippen LogP contribution >= 0.6 is 11.6 Å². The van der Waals surface area contributed by atoms with Gasteiger partial charge in [0.2, 0.25) is 35.8 Å². The number of nitrogens with zero attached hydrogens (tertiary/aromatic N) is 2. The van der Waals surface area contributed by atoms with Crippen LogP contribution in [0.5, 0.6) is 5.75 Å². The summed E-state index contributed by atoms with van der Waals surface area (Å²) in [6, 6.07) is 17.8. The third-order valence-electron chi connectivity index (χ3n) is 10.3. The van der Waals surface area contributed by atoms with Crippen molar-refractivity contribution in [2.45, 2.75) is 75.7 Å². The van der Waals surface area contributed by atoms with Gasteiger partial charge in [0.15, 0.2) is 0 Å². The van der Waals surface area contributed by atoms with Gasteiger partial charge in [0.05, 0.1) is 12.6 Å². The number of hydrogen-bond acceptors (Lipinski definition) is 10. The molecule has 1 radical (unpaired) electrons. The lowest BCUT2D eigenvalue weighted by molar-refractivity contribution is -0.143. The number of rotatable bonds is 21. The van der Waals surface area contributed by atoms with Crippen LogP contribution in [-0.2, 0) is 48.0 Å². The number of phenols is 1. The number of nitrogens with one attached hydrogen (secondary N) is 5. The van der Waals surface area contributed by atoms with E-state index in [2.05, 4.69) is 26.7 Å². The fourth-order valence-corrected chi connectivity index (χ4v) is 6.82. The van der Waals surface area contributed by atoms with E-state index < -0.39 is 72.4 Å². The van der Waals surface area contributed by atoms with Crippen LogP contribution < -0.4 is 32.4 Å². The van der Waals surface area contributed by atoms with Gasteiger partial charge in [-0.1, -0.05) is 78.3 Å². The van der Waals surface area contributed by atoms with Crippen molar-refractivity contribution in [2.75, 3.05) is 27.2 Å². The van der Waals surface area contributed by atoms with Gasteiger partial charge in [-0.15, -0.1) is 0 Å². The quantitative estimate of drug-likeness (QED) is 0.0445. The van der Waals surface area contributed by atoms with Gasteiger partial charge in [-0.3, -0.25) is 33.8 Å². The number of halogens is 1. The summed E-state index contributed by atoms with van der Waals surface area (Å²) in [6.07, 6.45) is 2.97. The second-order valence-electron chi connectivity index (χ2n) is 15.0. The Hall–Kier alpha value is -6.56. The molecule has 0 aliphatic rings. The molecule has 0 aliphatic carbocycles. The van der Waals surface area contributed by atoms with Crippen LogP contribution in [0.1, 0.15) is 42.9 Å². The highest BCUT2D eigenvalue weighted by molar-refractivity contribution is 6.30. The molecule has 63 heavy (non-hydrogen) atoms. The number of nitrogens with two attached hydrogens (primary N) is 1. The highest BCUT2D eigenvalue weighted by Crippen LogP contribution is 2.21. The maximum Gasteiger partial charge on any atom is 0.334 e. The number of aliphatic hydroxyl groups excluding tert-OH is 1. The lowest BCUT2D eigenvalue weighted by atomic mass is 9.97. The van der Waals surface area contributed by atoms with Crippen molar-refractivity contribution >= 4 is 64.2 Å². The predicted octanol–water partition coefficient (Wildman–Crippen LogP) is 1.80. The van der Waals surface area contributed by atoms with Crippen LogP contribution in [0.4, 0.5) is 4.79 Å². The molecule has 0 saturated heterocycles. The lowest BCUT2D eigenvalue weighted by Gasteiger charge is -2.32. The third kappa shape index (κ3) is 14.8. The fraction of sp³-hybridized carbons (Fsp3) is 0.356. The van der Waals surface area contributed by atoms with Gasteiger partial charge in [0.25, 0.3) is 0 Å². The molecule has 9 N–H and O–H groups in total.